The molecule has 0 saturated carbocycles. The van der Waals surface area contributed by atoms with E-state index >= 15 is 0 Å². The van der Waals surface area contributed by atoms with Crippen LogP contribution in [0.4, 0.5) is 0 Å². The Hall–Kier alpha value is -2.61. The summed E-state index contributed by atoms with van der Waals surface area (Å²) in [6, 6.07) is 27.6. The summed E-state index contributed by atoms with van der Waals surface area (Å²) in [5.41, 5.74) is 4.91. The second kappa shape index (κ2) is 10.5. The molecule has 0 aliphatic rings. The van der Waals surface area contributed by atoms with Gasteiger partial charge in [0.2, 0.25) is 0 Å². The van der Waals surface area contributed by atoms with Crippen molar-refractivity contribution >= 4 is 0 Å². The first kappa shape index (κ1) is 16.6. The summed E-state index contributed by atoms with van der Waals surface area (Å²) in [6.45, 7) is -0.0669. The molecule has 0 bridgehead atoms. The van der Waals surface area contributed by atoms with E-state index in [9.17, 15) is 0 Å². The quantitative estimate of drug-likeness (QED) is 0.300. The van der Waals surface area contributed by atoms with Crippen LogP contribution in [0.5, 0.6) is 0 Å². The molecule has 0 aliphatic carbocycles. The Balaban J connectivity index is 0.000000211. The van der Waals surface area contributed by atoms with Crippen LogP contribution in [-0.2, 0) is 20.1 Å². The minimum atomic E-state index is -2.13. The largest absolute Gasteiger partial charge is 0.304 e. The fourth-order valence-corrected chi connectivity index (χ4v) is 2.54. The molecule has 0 fully saturated rings. The fraction of sp³-hybridized carbons (Fsp3) is 0.0833. The molecule has 0 saturated heterocycles. The number of nitrogens with zero attached hydrogens (tertiary/aromatic N) is 2. The van der Waals surface area contributed by atoms with E-state index in [1.807, 2.05) is 66.9 Å². The second-order valence-electron chi connectivity index (χ2n) is 5.71. The number of hydrogen-bond donors (Lipinski definition) is 0. The summed E-state index contributed by atoms with van der Waals surface area (Å²) >= 11 is 0. The van der Waals surface area contributed by atoms with Crippen LogP contribution in [0.1, 0.15) is 15.2 Å². The zero-order valence-corrected chi connectivity index (χ0v) is 17.3. The monoisotopic (exact) mass is 533 g/mol. The average molecular weight is 533 g/mol. The molecule has 3 heteroatoms. The van der Waals surface area contributed by atoms with Crippen molar-refractivity contribution in [1.29, 1.82) is 0 Å². The minimum absolute atomic E-state index is 0. The molecule has 137 valence electrons. The van der Waals surface area contributed by atoms with Crippen molar-refractivity contribution in [3.63, 3.8) is 0 Å². The zero-order chi connectivity index (χ0) is 20.7. The van der Waals surface area contributed by atoms with Gasteiger partial charge in [0.15, 0.2) is 0 Å². The van der Waals surface area contributed by atoms with Gasteiger partial charge in [0.1, 0.15) is 0 Å². The van der Waals surface area contributed by atoms with Gasteiger partial charge >= 0.3 is 0 Å². The Kier molecular flexibility index (Phi) is 6.45. The molecule has 4 rings (SSSR count). The van der Waals surface area contributed by atoms with Gasteiger partial charge in [0.25, 0.3) is 0 Å². The smallest absolute Gasteiger partial charge is 0.0731 e. The summed E-state index contributed by atoms with van der Waals surface area (Å²) in [6.07, 6.45) is 3.42. The fourth-order valence-electron chi connectivity index (χ4n) is 2.54. The summed E-state index contributed by atoms with van der Waals surface area (Å²) in [7, 11) is 0. The molecule has 27 heavy (non-hydrogen) atoms. The number of pyridine rings is 2. The van der Waals surface area contributed by atoms with E-state index in [4.69, 9.17) is 4.11 Å². The first-order valence-electron chi connectivity index (χ1n) is 9.86. The number of hydrogen-bond acceptors (Lipinski definition) is 2. The first-order chi connectivity index (χ1) is 14.0. The summed E-state index contributed by atoms with van der Waals surface area (Å²) < 4.78 is 22.4. The van der Waals surface area contributed by atoms with E-state index in [0.29, 0.717) is 11.3 Å². The molecule has 2 aromatic heterocycles. The van der Waals surface area contributed by atoms with Crippen LogP contribution in [0, 0.1) is 19.8 Å². The third-order valence-electron chi connectivity index (χ3n) is 3.83. The predicted octanol–water partition coefficient (Wildman–Crippen LogP) is 5.91. The third-order valence-corrected chi connectivity index (χ3v) is 3.83. The Labute approximate surface area is 178 Å². The number of rotatable bonds is 2. The molecule has 0 spiro atoms. The van der Waals surface area contributed by atoms with E-state index in [1.165, 1.54) is 5.56 Å². The van der Waals surface area contributed by atoms with Crippen molar-refractivity contribution in [3.8, 4) is 22.5 Å². The van der Waals surface area contributed by atoms with Gasteiger partial charge in [-0.25, -0.2) is 0 Å². The second-order valence-corrected chi connectivity index (χ2v) is 5.71. The van der Waals surface area contributed by atoms with Crippen molar-refractivity contribution in [3.05, 3.63) is 108 Å². The van der Waals surface area contributed by atoms with E-state index in [1.54, 1.807) is 18.3 Å². The Morgan fingerprint density at radius 1 is 0.741 bits per heavy atom. The summed E-state index contributed by atoms with van der Waals surface area (Å²) in [4.78, 5) is 8.47. The third kappa shape index (κ3) is 5.68. The number of aryl methyl sites for hydroxylation is 2. The summed E-state index contributed by atoms with van der Waals surface area (Å²) in [5.74, 6) is 0. The van der Waals surface area contributed by atoms with Crippen molar-refractivity contribution in [2.75, 3.05) is 0 Å². The maximum atomic E-state index is 7.46. The van der Waals surface area contributed by atoms with E-state index in [0.717, 1.165) is 16.8 Å². The van der Waals surface area contributed by atoms with Crippen LogP contribution < -0.4 is 0 Å². The first-order valence-corrected chi connectivity index (χ1v) is 8.36. The molecule has 4 aromatic rings. The molecule has 0 amide bonds. The van der Waals surface area contributed by atoms with Gasteiger partial charge in [-0.05, 0) is 37.2 Å². The molecular weight excluding hydrogens is 508 g/mol. The summed E-state index contributed by atoms with van der Waals surface area (Å²) in [5, 5.41) is 0. The van der Waals surface area contributed by atoms with Gasteiger partial charge in [-0.2, -0.15) is 0 Å². The molecule has 0 atom stereocenters. The van der Waals surface area contributed by atoms with Crippen molar-refractivity contribution in [2.24, 2.45) is 0 Å². The zero-order valence-electron chi connectivity index (χ0n) is 17.9. The van der Waals surface area contributed by atoms with Crippen LogP contribution in [-0.4, -0.2) is 9.97 Å². The van der Waals surface area contributed by atoms with Gasteiger partial charge in [-0.3, -0.25) is 4.98 Å². The minimum Gasteiger partial charge on any atom is -0.304 e. The molecular formula is C24H21IrN2-. The standard InChI is InChI=1S/C12H11N.C12H10N.Ir/c2*1-10-6-5-9-13-12(10)11-7-3-2-4-8-11;/h2-9H,1H3;2-7,9H,1H3;/q;-1;/i1D3;;. The van der Waals surface area contributed by atoms with Crippen LogP contribution >= 0.6 is 0 Å². The van der Waals surface area contributed by atoms with E-state index in [-0.39, 0.29) is 20.1 Å². The van der Waals surface area contributed by atoms with Gasteiger partial charge in [0.05, 0.1) is 5.69 Å². The molecule has 2 nitrogen and oxygen atoms in total. The number of benzene rings is 2. The Morgan fingerprint density at radius 2 is 1.41 bits per heavy atom. The maximum Gasteiger partial charge on any atom is 0.0731 e. The van der Waals surface area contributed by atoms with Gasteiger partial charge in [0, 0.05) is 42.2 Å². The van der Waals surface area contributed by atoms with Crippen LogP contribution in [0.2, 0.25) is 0 Å². The van der Waals surface area contributed by atoms with E-state index < -0.39 is 6.85 Å². The van der Waals surface area contributed by atoms with Gasteiger partial charge in [-0.1, -0.05) is 48.0 Å². The topological polar surface area (TPSA) is 25.8 Å². The van der Waals surface area contributed by atoms with Crippen molar-refractivity contribution in [1.82, 2.24) is 9.97 Å². The SMILES string of the molecule is Cc1cccnc1-c1[c-]cccc1.[2H]C([2H])([2H])c1cccnc1-c1ccccc1.[Ir]. The average Bonchev–Trinajstić information content (AvgIpc) is 2.75. The Morgan fingerprint density at radius 3 is 2.04 bits per heavy atom. The number of aromatic nitrogens is 2. The molecule has 2 heterocycles. The van der Waals surface area contributed by atoms with Crippen LogP contribution in [0.3, 0.4) is 0 Å². The van der Waals surface area contributed by atoms with Crippen LogP contribution in [0.15, 0.2) is 91.3 Å². The maximum absolute atomic E-state index is 7.46. The molecule has 1 radical (unpaired) electrons. The molecule has 0 N–H and O–H groups in total. The normalized spacial score (nSPS) is 11.7. The van der Waals surface area contributed by atoms with Crippen molar-refractivity contribution in [2.45, 2.75) is 13.8 Å². The van der Waals surface area contributed by atoms with E-state index in [2.05, 4.69) is 29.0 Å². The predicted molar refractivity (Wildman–Crippen MR) is 108 cm³/mol. The van der Waals surface area contributed by atoms with Crippen molar-refractivity contribution < 1.29 is 24.2 Å². The molecule has 0 unspecified atom stereocenters. The van der Waals surface area contributed by atoms with Gasteiger partial charge in [-0.15, -0.1) is 35.9 Å². The molecule has 0 aliphatic heterocycles. The Bertz CT molecular complexity index is 1050. The van der Waals surface area contributed by atoms with Crippen LogP contribution in [0.25, 0.3) is 22.5 Å². The van der Waals surface area contributed by atoms with Gasteiger partial charge < -0.3 is 4.98 Å². The molecule has 2 aromatic carbocycles.